The van der Waals surface area contributed by atoms with E-state index in [1.807, 2.05) is 0 Å². The highest BCUT2D eigenvalue weighted by atomic mass is 15.5. The van der Waals surface area contributed by atoms with Crippen LogP contribution in [0.1, 0.15) is 57.8 Å². The van der Waals surface area contributed by atoms with Gasteiger partial charge >= 0.3 is 0 Å². The highest BCUT2D eigenvalue weighted by Gasteiger charge is 2.51. The summed E-state index contributed by atoms with van der Waals surface area (Å²) in [6.07, 6.45) is 13.4. The molecule has 4 saturated carbocycles. The van der Waals surface area contributed by atoms with Crippen LogP contribution in [0, 0.1) is 17.8 Å². The largest absolute Gasteiger partial charge is 0.249 e. The zero-order valence-electron chi connectivity index (χ0n) is 11.0. The van der Waals surface area contributed by atoms with Crippen molar-refractivity contribution in [2.75, 3.05) is 13.1 Å². The predicted molar refractivity (Wildman–Crippen MR) is 69.5 cm³/mol. The molecular weight excluding hydrogens is 208 g/mol. The van der Waals surface area contributed by atoms with Crippen LogP contribution in [0.2, 0.25) is 0 Å². The minimum atomic E-state index is 0.534. The molecule has 0 amide bonds. The van der Waals surface area contributed by atoms with Crippen LogP contribution >= 0.6 is 0 Å². The third kappa shape index (κ3) is 1.94. The minimum Gasteiger partial charge on any atom is -0.249 e. The molecule has 0 aromatic carbocycles. The Morgan fingerprint density at radius 3 is 1.82 bits per heavy atom. The molecule has 0 unspecified atom stereocenters. The summed E-state index contributed by atoms with van der Waals surface area (Å²) in [6, 6.07) is 0. The summed E-state index contributed by atoms with van der Waals surface area (Å²) in [4.78, 5) is 0. The highest BCUT2D eigenvalue weighted by molar-refractivity contribution is 5.06. The van der Waals surface area contributed by atoms with E-state index in [1.54, 1.807) is 19.3 Å². The molecule has 1 aliphatic heterocycles. The lowest BCUT2D eigenvalue weighted by molar-refractivity contribution is -0.0624. The van der Waals surface area contributed by atoms with Gasteiger partial charge in [0.15, 0.2) is 0 Å². The summed E-state index contributed by atoms with van der Waals surface area (Å²) < 4.78 is 0. The van der Waals surface area contributed by atoms with Crippen LogP contribution in [-0.2, 0) is 0 Å². The molecule has 0 aromatic heterocycles. The first-order valence-electron chi connectivity index (χ1n) is 7.84. The topological polar surface area (TPSA) is 15.3 Å². The summed E-state index contributed by atoms with van der Waals surface area (Å²) >= 11 is 0. The first kappa shape index (κ1) is 10.8. The number of nitrogens with one attached hydrogen (secondary N) is 1. The van der Waals surface area contributed by atoms with Crippen LogP contribution in [0.3, 0.4) is 0 Å². The van der Waals surface area contributed by atoms with Crippen molar-refractivity contribution in [1.29, 1.82) is 0 Å². The fourth-order valence-corrected chi connectivity index (χ4v) is 5.59. The molecular formula is C15H26N2. The van der Waals surface area contributed by atoms with E-state index in [0.717, 1.165) is 17.8 Å². The molecule has 5 aliphatic rings. The van der Waals surface area contributed by atoms with Gasteiger partial charge in [0.25, 0.3) is 0 Å². The molecule has 5 rings (SSSR count). The smallest absolute Gasteiger partial charge is 0.0334 e. The fourth-order valence-electron chi connectivity index (χ4n) is 5.59. The van der Waals surface area contributed by atoms with Gasteiger partial charge in [0.2, 0.25) is 0 Å². The van der Waals surface area contributed by atoms with Crippen LogP contribution in [0.5, 0.6) is 0 Å². The maximum absolute atomic E-state index is 4.00. The summed E-state index contributed by atoms with van der Waals surface area (Å²) in [5.41, 5.74) is 4.53. The Bertz CT molecular complexity index is 258. The van der Waals surface area contributed by atoms with E-state index in [4.69, 9.17) is 0 Å². The normalized spacial score (nSPS) is 49.8. The standard InChI is InChI=1S/C15H26N2/c1-2-4-17(5-3-1)16-15-9-12-6-13(10-15)8-14(7-12)11-15/h12-14,16H,1-11H2. The van der Waals surface area contributed by atoms with Gasteiger partial charge in [-0.3, -0.25) is 0 Å². The van der Waals surface area contributed by atoms with E-state index >= 15 is 0 Å². The minimum absolute atomic E-state index is 0.534. The maximum atomic E-state index is 4.00. The van der Waals surface area contributed by atoms with Crippen LogP contribution in [-0.4, -0.2) is 23.6 Å². The molecule has 5 fully saturated rings. The molecule has 4 aliphatic carbocycles. The number of nitrogens with zero attached hydrogens (tertiary/aromatic N) is 1. The molecule has 0 atom stereocenters. The predicted octanol–water partition coefficient (Wildman–Crippen LogP) is 2.95. The van der Waals surface area contributed by atoms with Crippen molar-refractivity contribution < 1.29 is 0 Å². The van der Waals surface area contributed by atoms with Gasteiger partial charge in [-0.2, -0.15) is 0 Å². The Morgan fingerprint density at radius 2 is 1.29 bits per heavy atom. The maximum Gasteiger partial charge on any atom is 0.0334 e. The zero-order chi connectivity index (χ0) is 11.3. The number of piperidine rings is 1. The second-order valence-corrected chi connectivity index (χ2v) is 7.36. The van der Waals surface area contributed by atoms with E-state index in [-0.39, 0.29) is 0 Å². The third-order valence-corrected chi connectivity index (χ3v) is 5.79. The first-order valence-corrected chi connectivity index (χ1v) is 7.84. The molecule has 2 heteroatoms. The van der Waals surface area contributed by atoms with Crippen molar-refractivity contribution in [3.63, 3.8) is 0 Å². The Balaban J connectivity index is 1.48. The van der Waals surface area contributed by atoms with E-state index < -0.39 is 0 Å². The zero-order valence-corrected chi connectivity index (χ0v) is 11.0. The van der Waals surface area contributed by atoms with Gasteiger partial charge in [-0.05, 0) is 69.1 Å². The molecule has 1 heterocycles. The quantitative estimate of drug-likeness (QED) is 0.790. The van der Waals surface area contributed by atoms with Gasteiger partial charge < -0.3 is 0 Å². The number of hydrazine groups is 1. The summed E-state index contributed by atoms with van der Waals surface area (Å²) in [7, 11) is 0. The molecule has 17 heavy (non-hydrogen) atoms. The van der Waals surface area contributed by atoms with Gasteiger partial charge in [0.05, 0.1) is 0 Å². The lowest BCUT2D eigenvalue weighted by Crippen LogP contribution is -2.63. The third-order valence-electron chi connectivity index (χ3n) is 5.79. The van der Waals surface area contributed by atoms with Gasteiger partial charge in [-0.15, -0.1) is 0 Å². The lowest BCUT2D eigenvalue weighted by atomic mass is 9.53. The second kappa shape index (κ2) is 3.96. The van der Waals surface area contributed by atoms with E-state index in [9.17, 15) is 0 Å². The number of hydrogen-bond acceptors (Lipinski definition) is 2. The van der Waals surface area contributed by atoms with E-state index in [2.05, 4.69) is 10.4 Å². The Hall–Kier alpha value is -0.0800. The average molecular weight is 234 g/mol. The van der Waals surface area contributed by atoms with Crippen molar-refractivity contribution >= 4 is 0 Å². The van der Waals surface area contributed by atoms with Gasteiger partial charge in [-0.25, -0.2) is 10.4 Å². The fraction of sp³-hybridized carbons (Fsp3) is 1.00. The number of rotatable bonds is 2. The van der Waals surface area contributed by atoms with Crippen LogP contribution in [0.25, 0.3) is 0 Å². The van der Waals surface area contributed by atoms with Crippen molar-refractivity contribution in [3.05, 3.63) is 0 Å². The van der Waals surface area contributed by atoms with E-state index in [1.165, 1.54) is 51.6 Å². The molecule has 2 nitrogen and oxygen atoms in total. The summed E-state index contributed by atoms with van der Waals surface area (Å²) in [5.74, 6) is 3.20. The molecule has 1 saturated heterocycles. The second-order valence-electron chi connectivity index (χ2n) is 7.36. The molecule has 1 N–H and O–H groups in total. The molecule has 0 radical (unpaired) electrons. The van der Waals surface area contributed by atoms with E-state index in [0.29, 0.717) is 5.54 Å². The van der Waals surface area contributed by atoms with Crippen molar-refractivity contribution in [1.82, 2.24) is 10.4 Å². The first-order chi connectivity index (χ1) is 8.31. The SMILES string of the molecule is C1CCN(NC23CC4CC(CC(C4)C2)C3)CC1. The Labute approximate surface area is 105 Å². The van der Waals surface area contributed by atoms with Gasteiger partial charge in [0, 0.05) is 18.6 Å². The van der Waals surface area contributed by atoms with Crippen LogP contribution in [0.4, 0.5) is 0 Å². The van der Waals surface area contributed by atoms with Crippen molar-refractivity contribution in [3.8, 4) is 0 Å². The Kier molecular flexibility index (Phi) is 2.52. The van der Waals surface area contributed by atoms with Crippen LogP contribution < -0.4 is 5.43 Å². The summed E-state index contributed by atoms with van der Waals surface area (Å²) in [6.45, 7) is 2.59. The summed E-state index contributed by atoms with van der Waals surface area (Å²) in [5, 5.41) is 2.57. The van der Waals surface area contributed by atoms with Crippen molar-refractivity contribution in [2.24, 2.45) is 17.8 Å². The van der Waals surface area contributed by atoms with Gasteiger partial charge in [0.1, 0.15) is 0 Å². The molecule has 0 spiro atoms. The van der Waals surface area contributed by atoms with Gasteiger partial charge in [-0.1, -0.05) is 6.42 Å². The van der Waals surface area contributed by atoms with Crippen LogP contribution in [0.15, 0.2) is 0 Å². The number of hydrogen-bond donors (Lipinski definition) is 1. The Morgan fingerprint density at radius 1 is 0.765 bits per heavy atom. The monoisotopic (exact) mass is 234 g/mol. The lowest BCUT2D eigenvalue weighted by Gasteiger charge is -2.58. The highest BCUT2D eigenvalue weighted by Crippen LogP contribution is 2.55. The molecule has 4 bridgehead atoms. The molecule has 96 valence electrons. The average Bonchev–Trinajstić information content (AvgIpc) is 2.27. The molecule has 0 aromatic rings. The van der Waals surface area contributed by atoms with Crippen molar-refractivity contribution in [2.45, 2.75) is 63.3 Å².